The van der Waals surface area contributed by atoms with Gasteiger partial charge >= 0.3 is 0 Å². The maximum Gasteiger partial charge on any atom is 0.264 e. The second kappa shape index (κ2) is 17.6. The normalized spacial score (nSPS) is 18.0. The molecule has 230 valence electrons. The van der Waals surface area contributed by atoms with E-state index in [0.717, 1.165) is 74.3 Å². The third kappa shape index (κ3) is 12.8. The molecule has 0 aliphatic carbocycles. The number of phenolic OH excluding ortho intramolecular Hbond substituents is 1. The fourth-order valence-corrected chi connectivity index (χ4v) is 5.65. The minimum Gasteiger partial charge on any atom is -0.504 e. The minimum atomic E-state index is -0.884. The van der Waals surface area contributed by atoms with Crippen molar-refractivity contribution in [2.75, 3.05) is 39.0 Å². The van der Waals surface area contributed by atoms with Crippen molar-refractivity contribution in [3.8, 4) is 11.5 Å². The summed E-state index contributed by atoms with van der Waals surface area (Å²) < 4.78 is 37.9. The Kier molecular flexibility index (Phi) is 15.4. The zero-order valence-electron chi connectivity index (χ0n) is 23.1. The number of halogens is 3. The van der Waals surface area contributed by atoms with E-state index in [9.17, 15) is 23.8 Å². The molecule has 8 nitrogen and oxygen atoms in total. The van der Waals surface area contributed by atoms with E-state index in [-0.39, 0.29) is 36.0 Å². The summed E-state index contributed by atoms with van der Waals surface area (Å²) in [6.45, 7) is 5.14. The molecule has 0 spiro atoms. The molecule has 0 saturated carbocycles. The summed E-state index contributed by atoms with van der Waals surface area (Å²) in [5.41, 5.74) is 2.14. The van der Waals surface area contributed by atoms with Gasteiger partial charge < -0.3 is 19.1 Å². The predicted molar refractivity (Wildman–Crippen MR) is 165 cm³/mol. The Hall–Kier alpha value is -1.45. The van der Waals surface area contributed by atoms with Crippen molar-refractivity contribution in [3.63, 3.8) is 0 Å². The van der Waals surface area contributed by atoms with E-state index in [4.69, 9.17) is 20.5 Å². The number of aliphatic hydroxyl groups is 1. The summed E-state index contributed by atoms with van der Waals surface area (Å²) >= 11 is 8.20. The Morgan fingerprint density at radius 3 is 2.56 bits per heavy atom. The summed E-state index contributed by atoms with van der Waals surface area (Å²) in [7, 11) is 1.57. The number of benzene rings is 2. The van der Waals surface area contributed by atoms with Crippen molar-refractivity contribution in [1.82, 2.24) is 14.7 Å². The van der Waals surface area contributed by atoms with Crippen LogP contribution in [0.3, 0.4) is 0 Å². The van der Waals surface area contributed by atoms with Crippen molar-refractivity contribution in [2.45, 2.75) is 55.6 Å². The number of carbonyl (C=O) groups is 1. The van der Waals surface area contributed by atoms with Crippen molar-refractivity contribution < 1.29 is 32.7 Å². The number of hydrazine groups is 1. The molecule has 0 aromatic heterocycles. The molecule has 0 radical (unpaired) electrons. The van der Waals surface area contributed by atoms with Crippen LogP contribution in [0.5, 0.6) is 11.5 Å². The SMILES string of the molecule is CC1(O)CN(CCCCSc2ccc(F)cc2)C1.CN(NC(=O)C1CCCCO1)SOc1cc(F)c(O)c(Cl)c1.S. The van der Waals surface area contributed by atoms with E-state index >= 15 is 0 Å². The molecule has 0 bridgehead atoms. The number of rotatable bonds is 11. The summed E-state index contributed by atoms with van der Waals surface area (Å²) in [5, 5.41) is 18.6. The van der Waals surface area contributed by atoms with Gasteiger partial charge in [0.1, 0.15) is 17.7 Å². The Labute approximate surface area is 260 Å². The van der Waals surface area contributed by atoms with Crippen LogP contribution in [0.15, 0.2) is 41.3 Å². The fraction of sp³-hybridized carbons (Fsp3) is 0.519. The van der Waals surface area contributed by atoms with Crippen LogP contribution >= 0.6 is 49.1 Å². The Bertz CT molecular complexity index is 1070. The quantitative estimate of drug-likeness (QED) is 0.0951. The number of carbonyl (C=O) groups excluding carboxylic acids is 1. The topological polar surface area (TPSA) is 94.5 Å². The van der Waals surface area contributed by atoms with E-state index in [2.05, 4.69) is 10.3 Å². The van der Waals surface area contributed by atoms with Gasteiger partial charge in [-0.3, -0.25) is 15.1 Å². The summed E-state index contributed by atoms with van der Waals surface area (Å²) in [6.07, 6.45) is 4.45. The average molecular weight is 654 g/mol. The number of unbranched alkanes of at least 4 members (excludes halogenated alkanes) is 1. The first-order valence-electron chi connectivity index (χ1n) is 13.0. The largest absolute Gasteiger partial charge is 0.504 e. The Balaban J connectivity index is 0.000000285. The lowest BCUT2D eigenvalue weighted by molar-refractivity contribution is -0.138. The summed E-state index contributed by atoms with van der Waals surface area (Å²) in [4.78, 5) is 15.3. The number of amides is 1. The van der Waals surface area contributed by atoms with Crippen molar-refractivity contribution in [1.29, 1.82) is 0 Å². The molecule has 2 heterocycles. The zero-order chi connectivity index (χ0) is 29.1. The van der Waals surface area contributed by atoms with Gasteiger partial charge in [0.2, 0.25) is 0 Å². The molecule has 14 heteroatoms. The molecule has 41 heavy (non-hydrogen) atoms. The molecular formula is C27H38ClF2N3O5S3. The van der Waals surface area contributed by atoms with Gasteiger partial charge in [0.25, 0.3) is 5.91 Å². The van der Waals surface area contributed by atoms with Crippen LogP contribution in [0.25, 0.3) is 0 Å². The van der Waals surface area contributed by atoms with Crippen LogP contribution in [0.2, 0.25) is 5.02 Å². The number of aromatic hydroxyl groups is 1. The van der Waals surface area contributed by atoms with E-state index in [1.807, 2.05) is 19.1 Å². The number of β-amino-alcohol motifs (C(OH)–C–C–N with tert-alkyl or cyclic N) is 1. The lowest BCUT2D eigenvalue weighted by Gasteiger charge is -2.44. The van der Waals surface area contributed by atoms with Gasteiger partial charge in [-0.25, -0.2) is 8.78 Å². The van der Waals surface area contributed by atoms with E-state index < -0.39 is 23.3 Å². The van der Waals surface area contributed by atoms with Crippen LogP contribution in [-0.2, 0) is 9.53 Å². The number of nitrogens with one attached hydrogen (secondary N) is 1. The lowest BCUT2D eigenvalue weighted by atomic mass is 9.97. The summed E-state index contributed by atoms with van der Waals surface area (Å²) in [5.74, 6) is -0.770. The fourth-order valence-electron chi connectivity index (χ4n) is 4.12. The first-order chi connectivity index (χ1) is 19.0. The third-order valence-electron chi connectivity index (χ3n) is 6.05. The highest BCUT2D eigenvalue weighted by atomic mass is 35.5. The van der Waals surface area contributed by atoms with E-state index in [1.165, 1.54) is 22.6 Å². The second-order valence-corrected chi connectivity index (χ2v) is 12.4. The number of ether oxygens (including phenoxy) is 1. The second-order valence-electron chi connectivity index (χ2n) is 9.94. The first kappa shape index (κ1) is 35.7. The molecule has 1 atom stereocenters. The highest BCUT2D eigenvalue weighted by Gasteiger charge is 2.35. The van der Waals surface area contributed by atoms with Crippen LogP contribution in [-0.4, -0.2) is 76.2 Å². The van der Waals surface area contributed by atoms with Gasteiger partial charge in [-0.05, 0) is 75.6 Å². The number of hydrogen-bond acceptors (Lipinski definition) is 9. The van der Waals surface area contributed by atoms with Gasteiger partial charge in [-0.1, -0.05) is 11.6 Å². The van der Waals surface area contributed by atoms with Crippen LogP contribution in [0.1, 0.15) is 39.0 Å². The molecule has 3 N–H and O–H groups in total. The highest BCUT2D eigenvalue weighted by molar-refractivity contribution is 7.99. The molecular weight excluding hydrogens is 616 g/mol. The molecule has 2 fully saturated rings. The predicted octanol–water partition coefficient (Wildman–Crippen LogP) is 5.54. The van der Waals surface area contributed by atoms with Gasteiger partial charge in [-0.2, -0.15) is 13.5 Å². The zero-order valence-corrected chi connectivity index (χ0v) is 26.5. The number of nitrogens with zero attached hydrogens (tertiary/aromatic N) is 2. The van der Waals surface area contributed by atoms with Crippen molar-refractivity contribution in [2.24, 2.45) is 0 Å². The Morgan fingerprint density at radius 2 is 1.95 bits per heavy atom. The number of thioether (sulfide) groups is 1. The van der Waals surface area contributed by atoms with Crippen LogP contribution in [0, 0.1) is 11.6 Å². The summed E-state index contributed by atoms with van der Waals surface area (Å²) in [6, 6.07) is 8.93. The third-order valence-corrected chi connectivity index (χ3v) is 8.02. The molecule has 1 amide bonds. The standard InChI is InChI=1S/C14H20FNOS.C13H16ClFN2O4S.H2S/c1-14(17)10-16(11-14)8-2-3-9-18-13-6-4-12(15)5-7-13;1-17(16-13(19)11-4-2-3-5-20-11)22-21-8-6-9(14)12(18)10(15)7-8;/h4-7,17H,2-3,8-11H2,1H3;6-7,11,18H,2-5H2,1H3,(H,16,19);1H2. The van der Waals surface area contributed by atoms with Gasteiger partial charge in [0.05, 0.1) is 10.6 Å². The van der Waals surface area contributed by atoms with E-state index in [1.54, 1.807) is 18.8 Å². The number of hydrogen-bond donors (Lipinski definition) is 3. The van der Waals surface area contributed by atoms with E-state index in [0.29, 0.717) is 13.0 Å². The smallest absolute Gasteiger partial charge is 0.264 e. The molecule has 2 aliphatic heterocycles. The first-order valence-corrected chi connectivity index (χ1v) is 15.1. The molecule has 2 aromatic rings. The van der Waals surface area contributed by atoms with Crippen LogP contribution in [0.4, 0.5) is 8.78 Å². The monoisotopic (exact) mass is 653 g/mol. The maximum absolute atomic E-state index is 13.3. The minimum absolute atomic E-state index is 0. The molecule has 2 aliphatic rings. The van der Waals surface area contributed by atoms with Gasteiger partial charge in [0.15, 0.2) is 23.8 Å². The lowest BCUT2D eigenvalue weighted by Crippen LogP contribution is -2.59. The number of phenols is 1. The molecule has 1 unspecified atom stereocenters. The van der Waals surface area contributed by atoms with Crippen molar-refractivity contribution in [3.05, 3.63) is 53.1 Å². The highest BCUT2D eigenvalue weighted by Crippen LogP contribution is 2.32. The number of likely N-dealkylation sites (tertiary alicyclic amines) is 1. The van der Waals surface area contributed by atoms with Gasteiger partial charge in [-0.15, -0.1) is 16.2 Å². The average Bonchev–Trinajstić information content (AvgIpc) is 2.91. The molecule has 2 saturated heterocycles. The maximum atomic E-state index is 13.3. The van der Waals surface area contributed by atoms with Crippen LogP contribution < -0.4 is 9.61 Å². The van der Waals surface area contributed by atoms with Gasteiger partial charge in [0, 0.05) is 43.8 Å². The molecule has 4 rings (SSSR count). The van der Waals surface area contributed by atoms with Crippen molar-refractivity contribution >= 4 is 55.0 Å². The Morgan fingerprint density at radius 1 is 1.24 bits per heavy atom. The molecule has 2 aromatic carbocycles.